The molecule has 0 bridgehead atoms. The van der Waals surface area contributed by atoms with E-state index in [1.54, 1.807) is 20.8 Å². The molecule has 0 radical (unpaired) electrons. The van der Waals surface area contributed by atoms with Crippen LogP contribution in [0.3, 0.4) is 0 Å². The average molecular weight is 487 g/mol. The first-order chi connectivity index (χ1) is 16.3. The maximum absolute atomic E-state index is 13.8. The van der Waals surface area contributed by atoms with Gasteiger partial charge in [-0.2, -0.15) is 5.26 Å². The summed E-state index contributed by atoms with van der Waals surface area (Å²) < 4.78 is 5.36. The van der Waals surface area contributed by atoms with Crippen LogP contribution in [0.2, 0.25) is 0 Å². The predicted molar refractivity (Wildman–Crippen MR) is 137 cm³/mol. The molecule has 0 aromatic heterocycles. The summed E-state index contributed by atoms with van der Waals surface area (Å²) in [6, 6.07) is 5.77. The van der Waals surface area contributed by atoms with E-state index in [1.165, 1.54) is 4.90 Å². The molecule has 0 aliphatic heterocycles. The first-order valence-electron chi connectivity index (χ1n) is 12.3. The Kier molecular flexibility index (Phi) is 11.7. The second kappa shape index (κ2) is 13.7. The Balaban J connectivity index is 3.45. The monoisotopic (exact) mass is 486 g/mol. The van der Waals surface area contributed by atoms with Gasteiger partial charge in [0.25, 0.3) is 0 Å². The largest absolute Gasteiger partial charge is 0.444 e. The minimum Gasteiger partial charge on any atom is -0.444 e. The number of hydrogen-bond donors (Lipinski definition) is 2. The molecular weight excluding hydrogens is 444 g/mol. The van der Waals surface area contributed by atoms with Gasteiger partial charge in [0.2, 0.25) is 11.8 Å². The van der Waals surface area contributed by atoms with E-state index in [9.17, 15) is 19.6 Å². The number of ether oxygens (including phenoxy) is 1. The number of nitrogens with one attached hydrogen (secondary N) is 2. The van der Waals surface area contributed by atoms with E-state index in [1.807, 2.05) is 58.9 Å². The smallest absolute Gasteiger partial charge is 0.408 e. The van der Waals surface area contributed by atoms with Crippen LogP contribution in [0, 0.1) is 31.1 Å². The molecule has 0 aliphatic rings. The molecule has 0 spiro atoms. The van der Waals surface area contributed by atoms with Crippen molar-refractivity contribution in [3.05, 3.63) is 34.9 Å². The summed E-state index contributed by atoms with van der Waals surface area (Å²) in [6.45, 7) is 15.1. The average Bonchev–Trinajstić information content (AvgIpc) is 2.70. The molecule has 0 aliphatic carbocycles. The van der Waals surface area contributed by atoms with Crippen LogP contribution in [0.5, 0.6) is 0 Å². The maximum atomic E-state index is 13.8. The normalized spacial score (nSPS) is 12.9. The highest BCUT2D eigenvalue weighted by atomic mass is 16.6. The van der Waals surface area contributed by atoms with Crippen molar-refractivity contribution >= 4 is 17.9 Å². The van der Waals surface area contributed by atoms with E-state index < -0.39 is 29.7 Å². The Morgan fingerprint density at radius 3 is 2.20 bits per heavy atom. The van der Waals surface area contributed by atoms with Crippen molar-refractivity contribution in [1.29, 1.82) is 5.26 Å². The molecule has 0 saturated carbocycles. The highest BCUT2D eigenvalue weighted by Gasteiger charge is 2.36. The quantitative estimate of drug-likeness (QED) is 0.352. The molecule has 3 amide bonds. The summed E-state index contributed by atoms with van der Waals surface area (Å²) in [7, 11) is 0. The van der Waals surface area contributed by atoms with Crippen molar-refractivity contribution in [2.45, 2.75) is 92.3 Å². The molecule has 35 heavy (non-hydrogen) atoms. The molecule has 1 rings (SSSR count). The molecule has 2 unspecified atom stereocenters. The SMILES string of the molecule is CCCCNC(=O)C(c1cc(C)cc(C)c1)N(CC#N)C(=O)C(CC(C)C)NC(=O)OC(C)(C)C. The molecule has 0 saturated heterocycles. The van der Waals surface area contributed by atoms with Crippen LogP contribution < -0.4 is 10.6 Å². The van der Waals surface area contributed by atoms with Crippen LogP contribution in [-0.2, 0) is 14.3 Å². The topological polar surface area (TPSA) is 112 Å². The number of hydrogen-bond acceptors (Lipinski definition) is 5. The molecule has 1 aromatic carbocycles. The molecule has 8 nitrogen and oxygen atoms in total. The van der Waals surface area contributed by atoms with Crippen molar-refractivity contribution in [2.24, 2.45) is 5.92 Å². The van der Waals surface area contributed by atoms with Crippen molar-refractivity contribution in [3.63, 3.8) is 0 Å². The van der Waals surface area contributed by atoms with Gasteiger partial charge >= 0.3 is 6.09 Å². The first kappa shape index (κ1) is 30.0. The number of nitriles is 1. The number of alkyl carbamates (subject to hydrolysis) is 1. The number of unbranched alkanes of at least 4 members (excludes halogenated alkanes) is 1. The first-order valence-corrected chi connectivity index (χ1v) is 12.3. The van der Waals surface area contributed by atoms with Crippen LogP contribution in [0.15, 0.2) is 18.2 Å². The lowest BCUT2D eigenvalue weighted by Crippen LogP contribution is -2.53. The van der Waals surface area contributed by atoms with Gasteiger partial charge in [0, 0.05) is 6.54 Å². The van der Waals surface area contributed by atoms with E-state index in [0.717, 1.165) is 24.0 Å². The van der Waals surface area contributed by atoms with Gasteiger partial charge in [-0.3, -0.25) is 9.59 Å². The summed E-state index contributed by atoms with van der Waals surface area (Å²) in [5.74, 6) is -0.783. The summed E-state index contributed by atoms with van der Waals surface area (Å²) >= 11 is 0. The van der Waals surface area contributed by atoms with Gasteiger partial charge in [0.1, 0.15) is 24.2 Å². The minimum absolute atomic E-state index is 0.0702. The van der Waals surface area contributed by atoms with Crippen LogP contribution in [0.4, 0.5) is 4.79 Å². The molecular formula is C27H42N4O4. The standard InChI is InChI=1S/C27H42N4O4/c1-9-10-12-29-24(32)23(21-16-19(4)15-20(5)17-21)31(13-11-28)25(33)22(14-18(2)3)30-26(34)35-27(6,7)8/h15-18,22-23H,9-10,12-14H2,1-8H3,(H,29,32)(H,30,34). The molecule has 8 heteroatoms. The predicted octanol–water partition coefficient (Wildman–Crippen LogP) is 4.55. The number of amides is 3. The zero-order chi connectivity index (χ0) is 26.8. The van der Waals surface area contributed by atoms with E-state index in [0.29, 0.717) is 18.5 Å². The number of rotatable bonds is 11. The van der Waals surface area contributed by atoms with E-state index in [4.69, 9.17) is 4.74 Å². The van der Waals surface area contributed by atoms with Crippen LogP contribution >= 0.6 is 0 Å². The molecule has 1 aromatic rings. The lowest BCUT2D eigenvalue weighted by molar-refractivity contribution is -0.142. The highest BCUT2D eigenvalue weighted by Crippen LogP contribution is 2.25. The Morgan fingerprint density at radius 1 is 1.11 bits per heavy atom. The van der Waals surface area contributed by atoms with Crippen LogP contribution in [-0.4, -0.2) is 47.5 Å². The molecule has 0 heterocycles. The molecule has 0 fully saturated rings. The van der Waals surface area contributed by atoms with Crippen molar-refractivity contribution in [2.75, 3.05) is 13.1 Å². The van der Waals surface area contributed by atoms with Crippen molar-refractivity contribution in [3.8, 4) is 6.07 Å². The highest BCUT2D eigenvalue weighted by molar-refractivity contribution is 5.92. The number of carbonyl (C=O) groups excluding carboxylic acids is 3. The summed E-state index contributed by atoms with van der Waals surface area (Å²) in [5.41, 5.74) is 1.78. The maximum Gasteiger partial charge on any atom is 0.408 e. The Hall–Kier alpha value is -3.08. The number of nitrogens with zero attached hydrogens (tertiary/aromatic N) is 2. The van der Waals surface area contributed by atoms with Gasteiger partial charge in [0.15, 0.2) is 0 Å². The fraction of sp³-hybridized carbons (Fsp3) is 0.630. The van der Waals surface area contributed by atoms with E-state index in [2.05, 4.69) is 10.6 Å². The van der Waals surface area contributed by atoms with Crippen molar-refractivity contribution in [1.82, 2.24) is 15.5 Å². The van der Waals surface area contributed by atoms with E-state index >= 15 is 0 Å². The summed E-state index contributed by atoms with van der Waals surface area (Å²) in [4.78, 5) is 41.0. The Morgan fingerprint density at radius 2 is 1.71 bits per heavy atom. The molecule has 194 valence electrons. The minimum atomic E-state index is -1.01. The molecule has 2 atom stereocenters. The lowest BCUT2D eigenvalue weighted by atomic mass is 9.97. The van der Waals surface area contributed by atoms with Gasteiger partial charge in [-0.15, -0.1) is 0 Å². The molecule has 2 N–H and O–H groups in total. The lowest BCUT2D eigenvalue weighted by Gasteiger charge is -2.33. The van der Waals surface area contributed by atoms with Crippen molar-refractivity contribution < 1.29 is 19.1 Å². The third-order valence-electron chi connectivity index (χ3n) is 5.17. The zero-order valence-corrected chi connectivity index (χ0v) is 22.5. The van der Waals surface area contributed by atoms with Gasteiger partial charge < -0.3 is 20.3 Å². The van der Waals surface area contributed by atoms with Crippen LogP contribution in [0.1, 0.15) is 83.5 Å². The summed E-state index contributed by atoms with van der Waals surface area (Å²) in [6.07, 6.45) is 1.32. The van der Waals surface area contributed by atoms with Gasteiger partial charge in [-0.05, 0) is 58.9 Å². The summed E-state index contributed by atoms with van der Waals surface area (Å²) in [5, 5.41) is 15.2. The van der Waals surface area contributed by atoms with Gasteiger partial charge in [-0.25, -0.2) is 4.79 Å². The number of benzene rings is 1. The third-order valence-corrected chi connectivity index (χ3v) is 5.17. The Labute approximate surface area is 210 Å². The van der Waals surface area contributed by atoms with E-state index in [-0.39, 0.29) is 18.4 Å². The van der Waals surface area contributed by atoms with Gasteiger partial charge in [0.05, 0.1) is 6.07 Å². The fourth-order valence-corrected chi connectivity index (χ4v) is 3.84. The second-order valence-corrected chi connectivity index (χ2v) is 10.4. The third kappa shape index (κ3) is 10.4. The Bertz CT molecular complexity index is 894. The second-order valence-electron chi connectivity index (χ2n) is 10.4. The van der Waals surface area contributed by atoms with Gasteiger partial charge in [-0.1, -0.05) is 56.5 Å². The fourth-order valence-electron chi connectivity index (χ4n) is 3.84. The number of carbonyl (C=O) groups is 3. The zero-order valence-electron chi connectivity index (χ0n) is 22.5. The number of aryl methyl sites for hydroxylation is 2. The van der Waals surface area contributed by atoms with Crippen LogP contribution in [0.25, 0.3) is 0 Å².